The fourth-order valence-corrected chi connectivity index (χ4v) is 2.53. The van der Waals surface area contributed by atoms with E-state index in [1.54, 1.807) is 0 Å². The van der Waals surface area contributed by atoms with Crippen LogP contribution in [0.15, 0.2) is 0 Å². The third-order valence-corrected chi connectivity index (χ3v) is 3.52. The van der Waals surface area contributed by atoms with Crippen molar-refractivity contribution in [1.82, 2.24) is 4.98 Å². The molecule has 0 aliphatic carbocycles. The largest absolute Gasteiger partial charge is 0.348 e. The SMILES string of the molecule is O=Cc1sc(N2CCCC2)nc1Cl. The highest BCUT2D eigenvalue weighted by atomic mass is 35.5. The van der Waals surface area contributed by atoms with Gasteiger partial charge in [0.25, 0.3) is 0 Å². The van der Waals surface area contributed by atoms with Crippen molar-refractivity contribution < 1.29 is 4.79 Å². The van der Waals surface area contributed by atoms with Gasteiger partial charge in [-0.1, -0.05) is 22.9 Å². The van der Waals surface area contributed by atoms with Crippen molar-refractivity contribution in [3.05, 3.63) is 10.0 Å². The monoisotopic (exact) mass is 216 g/mol. The van der Waals surface area contributed by atoms with E-state index in [1.807, 2.05) is 0 Å². The molecule has 0 aromatic carbocycles. The van der Waals surface area contributed by atoms with Crippen LogP contribution in [0.5, 0.6) is 0 Å². The Morgan fingerprint density at radius 1 is 1.46 bits per heavy atom. The fourth-order valence-electron chi connectivity index (χ4n) is 1.42. The van der Waals surface area contributed by atoms with Crippen molar-refractivity contribution in [1.29, 1.82) is 0 Å². The second-order valence-corrected chi connectivity index (χ2v) is 4.33. The molecule has 0 radical (unpaired) electrons. The average Bonchev–Trinajstić information content (AvgIpc) is 2.71. The van der Waals surface area contributed by atoms with Crippen LogP contribution in [-0.2, 0) is 0 Å². The van der Waals surface area contributed by atoms with Gasteiger partial charge in [-0.2, -0.15) is 0 Å². The zero-order chi connectivity index (χ0) is 9.26. The fraction of sp³-hybridized carbons (Fsp3) is 0.500. The van der Waals surface area contributed by atoms with Crippen LogP contribution in [0.3, 0.4) is 0 Å². The van der Waals surface area contributed by atoms with Gasteiger partial charge in [-0.15, -0.1) is 0 Å². The summed E-state index contributed by atoms with van der Waals surface area (Å²) in [4.78, 5) is 17.4. The van der Waals surface area contributed by atoms with Crippen molar-refractivity contribution in [3.8, 4) is 0 Å². The van der Waals surface area contributed by atoms with Gasteiger partial charge in [-0.05, 0) is 12.8 Å². The molecule has 70 valence electrons. The molecule has 2 rings (SSSR count). The number of aromatic nitrogens is 1. The van der Waals surface area contributed by atoms with Crippen molar-refractivity contribution in [2.45, 2.75) is 12.8 Å². The first-order chi connectivity index (χ1) is 6.31. The number of anilines is 1. The van der Waals surface area contributed by atoms with Crippen LogP contribution >= 0.6 is 22.9 Å². The highest BCUT2D eigenvalue weighted by molar-refractivity contribution is 7.17. The molecule has 0 unspecified atom stereocenters. The molecule has 3 nitrogen and oxygen atoms in total. The zero-order valence-corrected chi connectivity index (χ0v) is 8.57. The van der Waals surface area contributed by atoms with Gasteiger partial charge < -0.3 is 4.90 Å². The van der Waals surface area contributed by atoms with Crippen LogP contribution < -0.4 is 4.90 Å². The second kappa shape index (κ2) is 3.64. The smallest absolute Gasteiger partial charge is 0.187 e. The summed E-state index contributed by atoms with van der Waals surface area (Å²) in [5.41, 5.74) is 0. The minimum Gasteiger partial charge on any atom is -0.348 e. The molecule has 0 N–H and O–H groups in total. The molecule has 1 aromatic heterocycles. The number of hydrogen-bond acceptors (Lipinski definition) is 4. The maximum absolute atomic E-state index is 10.5. The van der Waals surface area contributed by atoms with Crippen LogP contribution in [0.1, 0.15) is 22.5 Å². The molecular weight excluding hydrogens is 208 g/mol. The minimum absolute atomic E-state index is 0.335. The molecule has 0 amide bonds. The Morgan fingerprint density at radius 2 is 2.15 bits per heavy atom. The van der Waals surface area contributed by atoms with E-state index in [9.17, 15) is 4.79 Å². The van der Waals surface area contributed by atoms with E-state index < -0.39 is 0 Å². The summed E-state index contributed by atoms with van der Waals surface area (Å²) in [6.45, 7) is 2.06. The van der Waals surface area contributed by atoms with E-state index in [1.165, 1.54) is 24.2 Å². The summed E-state index contributed by atoms with van der Waals surface area (Å²) in [7, 11) is 0. The van der Waals surface area contributed by atoms with E-state index in [0.29, 0.717) is 10.0 Å². The van der Waals surface area contributed by atoms with E-state index in [0.717, 1.165) is 24.5 Å². The third-order valence-electron chi connectivity index (χ3n) is 2.08. The van der Waals surface area contributed by atoms with Crippen molar-refractivity contribution in [3.63, 3.8) is 0 Å². The molecule has 1 fully saturated rings. The first kappa shape index (κ1) is 8.97. The van der Waals surface area contributed by atoms with Crippen LogP contribution in [-0.4, -0.2) is 24.4 Å². The topological polar surface area (TPSA) is 33.2 Å². The summed E-state index contributed by atoms with van der Waals surface area (Å²) in [5, 5.41) is 1.21. The van der Waals surface area contributed by atoms with Crippen molar-refractivity contribution >= 4 is 34.4 Å². The van der Waals surface area contributed by atoms with E-state index >= 15 is 0 Å². The van der Waals surface area contributed by atoms with Gasteiger partial charge in [0, 0.05) is 13.1 Å². The Bertz CT molecular complexity index is 320. The molecule has 2 heterocycles. The summed E-state index contributed by atoms with van der Waals surface area (Å²) >= 11 is 7.14. The molecule has 0 spiro atoms. The third kappa shape index (κ3) is 1.69. The maximum Gasteiger partial charge on any atom is 0.187 e. The lowest BCUT2D eigenvalue weighted by molar-refractivity contribution is 0.112. The molecule has 0 saturated carbocycles. The Labute approximate surface area is 85.3 Å². The first-order valence-corrected chi connectivity index (χ1v) is 5.37. The first-order valence-electron chi connectivity index (χ1n) is 4.17. The molecule has 13 heavy (non-hydrogen) atoms. The summed E-state index contributed by atoms with van der Waals surface area (Å²) in [6, 6.07) is 0. The Morgan fingerprint density at radius 3 is 2.69 bits per heavy atom. The molecular formula is C8H9ClN2OS. The number of hydrogen-bond donors (Lipinski definition) is 0. The summed E-state index contributed by atoms with van der Waals surface area (Å²) in [5.74, 6) is 0. The molecule has 0 atom stereocenters. The van der Waals surface area contributed by atoms with Crippen molar-refractivity contribution in [2.24, 2.45) is 0 Å². The lowest BCUT2D eigenvalue weighted by Crippen LogP contribution is -2.16. The summed E-state index contributed by atoms with van der Waals surface area (Å²) in [6.07, 6.45) is 3.17. The van der Waals surface area contributed by atoms with E-state index in [4.69, 9.17) is 11.6 Å². The van der Waals surface area contributed by atoms with Crippen LogP contribution in [0.4, 0.5) is 5.13 Å². The van der Waals surface area contributed by atoms with Crippen LogP contribution in [0, 0.1) is 0 Å². The standard InChI is InChI=1S/C8H9ClN2OS/c9-7-6(5-12)13-8(10-7)11-3-1-2-4-11/h5H,1-4H2. The Balaban J connectivity index is 2.24. The minimum atomic E-state index is 0.335. The number of halogens is 1. The molecule has 1 aromatic rings. The molecule has 1 aliphatic heterocycles. The number of rotatable bonds is 2. The highest BCUT2D eigenvalue weighted by Crippen LogP contribution is 2.30. The summed E-state index contributed by atoms with van der Waals surface area (Å²) < 4.78 is 0. The van der Waals surface area contributed by atoms with Gasteiger partial charge in [-0.25, -0.2) is 4.98 Å². The van der Waals surface area contributed by atoms with Gasteiger partial charge >= 0.3 is 0 Å². The second-order valence-electron chi connectivity index (χ2n) is 2.96. The molecule has 0 bridgehead atoms. The zero-order valence-electron chi connectivity index (χ0n) is 6.99. The molecule has 1 saturated heterocycles. The van der Waals surface area contributed by atoms with Gasteiger partial charge in [0.15, 0.2) is 16.6 Å². The van der Waals surface area contributed by atoms with Gasteiger partial charge in [0.1, 0.15) is 4.88 Å². The van der Waals surface area contributed by atoms with E-state index in [2.05, 4.69) is 9.88 Å². The highest BCUT2D eigenvalue weighted by Gasteiger charge is 2.17. The predicted molar refractivity (Wildman–Crippen MR) is 54.0 cm³/mol. The Kier molecular flexibility index (Phi) is 2.51. The van der Waals surface area contributed by atoms with Gasteiger partial charge in [-0.3, -0.25) is 4.79 Å². The number of aldehydes is 1. The quantitative estimate of drug-likeness (QED) is 0.711. The predicted octanol–water partition coefficient (Wildman–Crippen LogP) is 2.21. The lowest BCUT2D eigenvalue weighted by atomic mass is 10.4. The van der Waals surface area contributed by atoms with Gasteiger partial charge in [0.2, 0.25) is 0 Å². The van der Waals surface area contributed by atoms with Gasteiger partial charge in [0.05, 0.1) is 0 Å². The average molecular weight is 217 g/mol. The molecule has 1 aliphatic rings. The van der Waals surface area contributed by atoms with Crippen LogP contribution in [0.2, 0.25) is 5.15 Å². The number of thiazole rings is 1. The van der Waals surface area contributed by atoms with E-state index in [-0.39, 0.29) is 0 Å². The number of carbonyl (C=O) groups is 1. The maximum atomic E-state index is 10.5. The number of nitrogens with zero attached hydrogens (tertiary/aromatic N) is 2. The van der Waals surface area contributed by atoms with Crippen molar-refractivity contribution in [2.75, 3.05) is 18.0 Å². The Hall–Kier alpha value is -0.610. The lowest BCUT2D eigenvalue weighted by Gasteiger charge is -2.11. The van der Waals surface area contributed by atoms with Crippen LogP contribution in [0.25, 0.3) is 0 Å². The molecule has 5 heteroatoms. The number of carbonyl (C=O) groups excluding carboxylic acids is 1. The normalized spacial score (nSPS) is 16.5.